The third-order valence-corrected chi connectivity index (χ3v) is 4.26. The van der Waals surface area contributed by atoms with Crippen molar-refractivity contribution in [3.05, 3.63) is 48.2 Å². The van der Waals surface area contributed by atoms with E-state index < -0.39 is 0 Å². The minimum atomic E-state index is 0.519. The van der Waals surface area contributed by atoms with E-state index in [1.54, 1.807) is 6.20 Å². The van der Waals surface area contributed by atoms with E-state index in [0.717, 1.165) is 17.2 Å². The first-order valence-electron chi connectivity index (χ1n) is 8.06. The molecule has 120 valence electrons. The second-order valence-corrected chi connectivity index (χ2v) is 6.41. The minimum absolute atomic E-state index is 0.519. The van der Waals surface area contributed by atoms with Gasteiger partial charge in [-0.15, -0.1) is 0 Å². The lowest BCUT2D eigenvalue weighted by atomic mass is 10.2. The van der Waals surface area contributed by atoms with Crippen molar-refractivity contribution < 1.29 is 0 Å². The summed E-state index contributed by atoms with van der Waals surface area (Å²) in [6.07, 6.45) is 6.79. The van der Waals surface area contributed by atoms with Gasteiger partial charge in [0.05, 0.1) is 11.9 Å². The lowest BCUT2D eigenvalue weighted by Crippen LogP contribution is -2.35. The summed E-state index contributed by atoms with van der Waals surface area (Å²) >= 11 is 5.36. The van der Waals surface area contributed by atoms with Gasteiger partial charge in [-0.25, -0.2) is 4.98 Å². The number of benzene rings is 1. The smallest absolute Gasteiger partial charge is 0.171 e. The summed E-state index contributed by atoms with van der Waals surface area (Å²) < 4.78 is 0. The maximum Gasteiger partial charge on any atom is 0.171 e. The Labute approximate surface area is 142 Å². The number of nitrogens with one attached hydrogen (secondary N) is 3. The summed E-state index contributed by atoms with van der Waals surface area (Å²) in [5.41, 5.74) is 3.17. The van der Waals surface area contributed by atoms with Gasteiger partial charge in [0.25, 0.3) is 0 Å². The van der Waals surface area contributed by atoms with Crippen LogP contribution < -0.4 is 16.0 Å². The van der Waals surface area contributed by atoms with Crippen LogP contribution in [0.1, 0.15) is 31.2 Å². The molecule has 1 fully saturated rings. The van der Waals surface area contributed by atoms with Gasteiger partial charge in [0.1, 0.15) is 5.82 Å². The number of aromatic nitrogens is 1. The van der Waals surface area contributed by atoms with Crippen molar-refractivity contribution in [1.82, 2.24) is 10.3 Å². The number of thiocarbonyl (C=S) groups is 1. The molecule has 1 aliphatic rings. The molecule has 1 aliphatic carbocycles. The average Bonchev–Trinajstić information content (AvgIpc) is 3.04. The van der Waals surface area contributed by atoms with E-state index >= 15 is 0 Å². The number of pyridine rings is 1. The Bertz CT molecular complexity index is 646. The Morgan fingerprint density at radius 3 is 2.39 bits per heavy atom. The molecule has 0 unspecified atom stereocenters. The quantitative estimate of drug-likeness (QED) is 0.729. The van der Waals surface area contributed by atoms with Crippen LogP contribution in [0.5, 0.6) is 0 Å². The first-order valence-corrected chi connectivity index (χ1v) is 8.47. The van der Waals surface area contributed by atoms with E-state index in [-0.39, 0.29) is 0 Å². The van der Waals surface area contributed by atoms with Crippen LogP contribution in [0.15, 0.2) is 42.6 Å². The molecule has 3 rings (SSSR count). The molecule has 5 heteroatoms. The van der Waals surface area contributed by atoms with E-state index in [1.165, 1.54) is 31.2 Å². The van der Waals surface area contributed by atoms with Gasteiger partial charge >= 0.3 is 0 Å². The predicted molar refractivity (Wildman–Crippen MR) is 100 cm³/mol. The van der Waals surface area contributed by atoms with Crippen molar-refractivity contribution in [3.8, 4) is 0 Å². The summed E-state index contributed by atoms with van der Waals surface area (Å²) in [4.78, 5) is 4.42. The summed E-state index contributed by atoms with van der Waals surface area (Å²) in [5.74, 6) is 0.814. The largest absolute Gasteiger partial charge is 0.360 e. The summed E-state index contributed by atoms with van der Waals surface area (Å²) in [5, 5.41) is 10.5. The van der Waals surface area contributed by atoms with Crippen LogP contribution in [0.3, 0.4) is 0 Å². The molecule has 0 amide bonds. The Hall–Kier alpha value is -2.14. The summed E-state index contributed by atoms with van der Waals surface area (Å²) in [6, 6.07) is 12.7. The molecular weight excluding hydrogens is 304 g/mol. The maximum absolute atomic E-state index is 5.36. The van der Waals surface area contributed by atoms with Crippen LogP contribution >= 0.6 is 12.2 Å². The van der Waals surface area contributed by atoms with E-state index in [1.807, 2.05) is 24.3 Å². The highest BCUT2D eigenvalue weighted by Crippen LogP contribution is 2.19. The fourth-order valence-corrected chi connectivity index (χ4v) is 3.03. The molecule has 3 N–H and O–H groups in total. The number of hydrogen-bond acceptors (Lipinski definition) is 3. The Morgan fingerprint density at radius 2 is 1.74 bits per heavy atom. The molecule has 4 nitrogen and oxygen atoms in total. The van der Waals surface area contributed by atoms with Crippen molar-refractivity contribution in [2.75, 3.05) is 10.6 Å². The lowest BCUT2D eigenvalue weighted by Gasteiger charge is -2.15. The first kappa shape index (κ1) is 15.7. The number of hydrogen-bond donors (Lipinski definition) is 3. The van der Waals surface area contributed by atoms with Crippen molar-refractivity contribution >= 4 is 34.5 Å². The van der Waals surface area contributed by atoms with Crippen molar-refractivity contribution in [3.63, 3.8) is 0 Å². The van der Waals surface area contributed by atoms with E-state index in [4.69, 9.17) is 12.2 Å². The van der Waals surface area contributed by atoms with Crippen LogP contribution in [0, 0.1) is 6.92 Å². The van der Waals surface area contributed by atoms with Crippen LogP contribution in [-0.4, -0.2) is 16.1 Å². The highest BCUT2D eigenvalue weighted by Gasteiger charge is 2.15. The van der Waals surface area contributed by atoms with Gasteiger partial charge in [-0.1, -0.05) is 30.5 Å². The average molecular weight is 326 g/mol. The molecule has 0 aliphatic heterocycles. The zero-order valence-corrected chi connectivity index (χ0v) is 14.1. The second kappa shape index (κ2) is 7.42. The molecular formula is C18H22N4S. The molecule has 1 aromatic heterocycles. The number of aryl methyl sites for hydroxylation is 1. The molecule has 0 spiro atoms. The van der Waals surface area contributed by atoms with Gasteiger partial charge in [0.2, 0.25) is 0 Å². The highest BCUT2D eigenvalue weighted by atomic mass is 32.1. The fraction of sp³-hybridized carbons (Fsp3) is 0.333. The third kappa shape index (κ3) is 4.66. The van der Waals surface area contributed by atoms with Gasteiger partial charge in [0.15, 0.2) is 5.11 Å². The Kier molecular flexibility index (Phi) is 5.08. The summed E-state index contributed by atoms with van der Waals surface area (Å²) in [6.45, 7) is 2.07. The second-order valence-electron chi connectivity index (χ2n) is 6.00. The normalized spacial score (nSPS) is 14.5. The molecule has 0 atom stereocenters. The van der Waals surface area contributed by atoms with Crippen LogP contribution in [0.2, 0.25) is 0 Å². The van der Waals surface area contributed by atoms with E-state index in [2.05, 4.69) is 40.0 Å². The molecule has 1 saturated carbocycles. The van der Waals surface area contributed by atoms with Gasteiger partial charge in [-0.05, 0) is 56.2 Å². The van der Waals surface area contributed by atoms with Crippen LogP contribution in [0.25, 0.3) is 0 Å². The van der Waals surface area contributed by atoms with Gasteiger partial charge in [0, 0.05) is 11.7 Å². The van der Waals surface area contributed by atoms with Crippen molar-refractivity contribution in [2.24, 2.45) is 0 Å². The van der Waals surface area contributed by atoms with E-state index in [0.29, 0.717) is 11.2 Å². The highest BCUT2D eigenvalue weighted by molar-refractivity contribution is 7.80. The number of rotatable bonds is 4. The SMILES string of the molecule is Cc1ccc(Nc2ccc(NC(=S)NC3CCCC3)cn2)cc1. The zero-order valence-electron chi connectivity index (χ0n) is 13.3. The topological polar surface area (TPSA) is 49.0 Å². The molecule has 0 radical (unpaired) electrons. The van der Waals surface area contributed by atoms with Crippen LogP contribution in [-0.2, 0) is 0 Å². The van der Waals surface area contributed by atoms with Crippen molar-refractivity contribution in [2.45, 2.75) is 38.6 Å². The van der Waals surface area contributed by atoms with Gasteiger partial charge in [-0.3, -0.25) is 0 Å². The molecule has 1 aromatic carbocycles. The standard InChI is InChI=1S/C18H22N4S/c1-13-6-8-15(9-7-13)20-17-11-10-16(12-19-17)22-18(23)21-14-4-2-3-5-14/h6-12,14H,2-5H2,1H3,(H,19,20)(H2,21,22,23). The molecule has 0 saturated heterocycles. The fourth-order valence-electron chi connectivity index (χ4n) is 2.75. The molecule has 1 heterocycles. The van der Waals surface area contributed by atoms with Crippen molar-refractivity contribution in [1.29, 1.82) is 0 Å². The first-order chi connectivity index (χ1) is 11.2. The minimum Gasteiger partial charge on any atom is -0.360 e. The maximum atomic E-state index is 5.36. The van der Waals surface area contributed by atoms with Gasteiger partial charge < -0.3 is 16.0 Å². The number of anilines is 3. The molecule has 23 heavy (non-hydrogen) atoms. The van der Waals surface area contributed by atoms with E-state index in [9.17, 15) is 0 Å². The van der Waals surface area contributed by atoms with Crippen LogP contribution in [0.4, 0.5) is 17.2 Å². The molecule has 0 bridgehead atoms. The Balaban J connectivity index is 1.54. The summed E-state index contributed by atoms with van der Waals surface area (Å²) in [7, 11) is 0. The van der Waals surface area contributed by atoms with Gasteiger partial charge in [-0.2, -0.15) is 0 Å². The lowest BCUT2D eigenvalue weighted by molar-refractivity contribution is 0.634. The predicted octanol–water partition coefficient (Wildman–Crippen LogP) is 4.36. The molecule has 2 aromatic rings. The number of nitrogens with zero attached hydrogens (tertiary/aromatic N) is 1. The monoisotopic (exact) mass is 326 g/mol. The third-order valence-electron chi connectivity index (χ3n) is 4.04. The zero-order chi connectivity index (χ0) is 16.1. The Morgan fingerprint density at radius 1 is 1.04 bits per heavy atom.